The fraction of sp³-hybridized carbons (Fsp3) is 0.538. The summed E-state index contributed by atoms with van der Waals surface area (Å²) in [6, 6.07) is 0. The summed E-state index contributed by atoms with van der Waals surface area (Å²) in [7, 11) is 0. The van der Waals surface area contributed by atoms with Crippen LogP contribution in [0.25, 0.3) is 0 Å². The minimum atomic E-state index is -0.690. The van der Waals surface area contributed by atoms with Crippen molar-refractivity contribution in [2.75, 3.05) is 0 Å². The van der Waals surface area contributed by atoms with Crippen molar-refractivity contribution in [2.45, 2.75) is 38.5 Å². The Kier molecular flexibility index (Phi) is 6.23. The Hall–Kier alpha value is -1.38. The molecule has 0 aromatic rings. The van der Waals surface area contributed by atoms with E-state index >= 15 is 0 Å². The first kappa shape index (κ1) is 12.7. The molecule has 0 aliphatic carbocycles. The number of unbranched alkanes of at least 4 members (excludes halogenated alkanes) is 2. The van der Waals surface area contributed by atoms with Gasteiger partial charge in [-0.05, 0) is 31.3 Å². The summed E-state index contributed by atoms with van der Waals surface area (Å²) in [6.07, 6.45) is 15.3. The van der Waals surface area contributed by atoms with Crippen LogP contribution in [0.1, 0.15) is 38.5 Å². The van der Waals surface area contributed by atoms with Gasteiger partial charge in [0.1, 0.15) is 0 Å². The summed E-state index contributed by atoms with van der Waals surface area (Å²) < 4.78 is 0. The van der Waals surface area contributed by atoms with Gasteiger partial charge >= 0.3 is 5.97 Å². The lowest BCUT2D eigenvalue weighted by Crippen LogP contribution is -1.98. The second-order valence-electron chi connectivity index (χ2n) is 4.06. The maximum atomic E-state index is 10.3. The van der Waals surface area contributed by atoms with Crippen LogP contribution in [0.3, 0.4) is 0 Å². The van der Waals surface area contributed by atoms with Gasteiger partial charge in [-0.3, -0.25) is 9.79 Å². The molecule has 0 fully saturated rings. The summed E-state index contributed by atoms with van der Waals surface area (Å²) >= 11 is 0. The van der Waals surface area contributed by atoms with Crippen LogP contribution >= 0.6 is 0 Å². The van der Waals surface area contributed by atoms with Gasteiger partial charge in [0.2, 0.25) is 0 Å². The number of aliphatic carboxylic acids is 1. The summed E-state index contributed by atoms with van der Waals surface area (Å²) in [5.74, 6) is -0.113. The van der Waals surface area contributed by atoms with Crippen LogP contribution in [0.4, 0.5) is 0 Å². The van der Waals surface area contributed by atoms with Gasteiger partial charge in [-0.15, -0.1) is 0 Å². The summed E-state index contributed by atoms with van der Waals surface area (Å²) in [5.41, 5.74) is 0. The van der Waals surface area contributed by atoms with Crippen LogP contribution in [0, 0.1) is 5.92 Å². The van der Waals surface area contributed by atoms with Crippen LogP contribution < -0.4 is 0 Å². The van der Waals surface area contributed by atoms with Gasteiger partial charge in [-0.25, -0.2) is 0 Å². The van der Waals surface area contributed by atoms with E-state index in [-0.39, 0.29) is 0 Å². The molecular formula is C13H19NO2. The van der Waals surface area contributed by atoms with Crippen molar-refractivity contribution in [1.29, 1.82) is 0 Å². The van der Waals surface area contributed by atoms with Gasteiger partial charge in [0.15, 0.2) is 0 Å². The number of hydrogen-bond donors (Lipinski definition) is 1. The molecule has 3 heteroatoms. The molecule has 0 aromatic carbocycles. The maximum absolute atomic E-state index is 10.3. The van der Waals surface area contributed by atoms with Gasteiger partial charge in [-0.1, -0.05) is 25.0 Å². The predicted octanol–water partition coefficient (Wildman–Crippen LogP) is 3.18. The Balaban J connectivity index is 2.12. The Labute approximate surface area is 96.6 Å². The molecular weight excluding hydrogens is 202 g/mol. The predicted molar refractivity (Wildman–Crippen MR) is 65.6 cm³/mol. The van der Waals surface area contributed by atoms with Crippen molar-refractivity contribution in [1.82, 2.24) is 0 Å². The van der Waals surface area contributed by atoms with Gasteiger partial charge in [0, 0.05) is 18.8 Å². The van der Waals surface area contributed by atoms with Crippen molar-refractivity contribution in [3.8, 4) is 0 Å². The minimum absolute atomic E-state index is 0.299. The van der Waals surface area contributed by atoms with E-state index in [0.29, 0.717) is 12.3 Å². The third-order valence-electron chi connectivity index (χ3n) is 2.65. The normalized spacial score (nSPS) is 25.4. The van der Waals surface area contributed by atoms with E-state index in [1.807, 2.05) is 12.3 Å². The molecule has 88 valence electrons. The van der Waals surface area contributed by atoms with Crippen molar-refractivity contribution < 1.29 is 9.90 Å². The Morgan fingerprint density at radius 3 is 3.06 bits per heavy atom. The summed E-state index contributed by atoms with van der Waals surface area (Å²) in [6.45, 7) is 0. The first-order valence-corrected chi connectivity index (χ1v) is 5.86. The number of carboxylic acids is 1. The molecule has 1 aliphatic heterocycles. The molecule has 3 nitrogen and oxygen atoms in total. The van der Waals surface area contributed by atoms with Crippen molar-refractivity contribution >= 4 is 12.2 Å². The average molecular weight is 221 g/mol. The Bertz CT molecular complexity index is 292. The van der Waals surface area contributed by atoms with E-state index in [1.165, 1.54) is 0 Å². The molecule has 1 N–H and O–H groups in total. The van der Waals surface area contributed by atoms with Gasteiger partial charge in [0.05, 0.1) is 0 Å². The lowest BCUT2D eigenvalue weighted by molar-refractivity contribution is -0.137. The highest BCUT2D eigenvalue weighted by atomic mass is 16.4. The van der Waals surface area contributed by atoms with Gasteiger partial charge < -0.3 is 5.11 Å². The molecule has 1 heterocycles. The first-order chi connectivity index (χ1) is 7.79. The van der Waals surface area contributed by atoms with Crippen molar-refractivity contribution in [3.63, 3.8) is 0 Å². The molecule has 1 aliphatic rings. The highest BCUT2D eigenvalue weighted by Crippen LogP contribution is 2.17. The summed E-state index contributed by atoms with van der Waals surface area (Å²) in [5, 5.41) is 8.50. The van der Waals surface area contributed by atoms with E-state index in [2.05, 4.69) is 17.1 Å². The smallest absolute Gasteiger partial charge is 0.303 e. The molecule has 0 aromatic heterocycles. The third-order valence-corrected chi connectivity index (χ3v) is 2.65. The lowest BCUT2D eigenvalue weighted by Gasteiger charge is -2.10. The fourth-order valence-electron chi connectivity index (χ4n) is 1.75. The number of carboxylic acid groups (broad SMARTS) is 1. The zero-order chi connectivity index (χ0) is 11.6. The zero-order valence-electron chi connectivity index (χ0n) is 9.51. The monoisotopic (exact) mass is 221 g/mol. The second kappa shape index (κ2) is 7.85. The minimum Gasteiger partial charge on any atom is -0.481 e. The van der Waals surface area contributed by atoms with Gasteiger partial charge in [-0.2, -0.15) is 0 Å². The van der Waals surface area contributed by atoms with Crippen molar-refractivity contribution in [3.05, 3.63) is 24.4 Å². The number of rotatable bonds is 6. The molecule has 0 saturated heterocycles. The SMILES string of the molecule is O=C(O)CCCCCC1\C=C/C=N\C=C/C1. The first-order valence-electron chi connectivity index (χ1n) is 5.86. The fourth-order valence-corrected chi connectivity index (χ4v) is 1.75. The third kappa shape index (κ3) is 6.17. The van der Waals surface area contributed by atoms with E-state index in [0.717, 1.165) is 32.1 Å². The Morgan fingerprint density at radius 1 is 1.38 bits per heavy atom. The van der Waals surface area contributed by atoms with Crippen LogP contribution in [-0.4, -0.2) is 17.3 Å². The van der Waals surface area contributed by atoms with Crippen molar-refractivity contribution in [2.24, 2.45) is 10.9 Å². The second-order valence-corrected chi connectivity index (χ2v) is 4.06. The maximum Gasteiger partial charge on any atom is 0.303 e. The Morgan fingerprint density at radius 2 is 2.25 bits per heavy atom. The molecule has 0 bridgehead atoms. The molecule has 1 atom stereocenters. The van der Waals surface area contributed by atoms with E-state index in [4.69, 9.17) is 5.11 Å². The largest absolute Gasteiger partial charge is 0.481 e. The standard InChI is InChI=1S/C13H19NO2/c15-13(16)9-3-1-2-6-12-7-4-10-14-11-5-8-12/h4-5,7,10-12H,1-3,6,8-9H2,(H,15,16)/b7-4-,11-5-,14-10-. The number of hydrogen-bond acceptors (Lipinski definition) is 2. The number of aliphatic imine (C=N–C) groups is 1. The number of nitrogens with zero attached hydrogens (tertiary/aromatic N) is 1. The summed E-state index contributed by atoms with van der Waals surface area (Å²) in [4.78, 5) is 14.3. The highest BCUT2D eigenvalue weighted by molar-refractivity contribution is 5.71. The zero-order valence-corrected chi connectivity index (χ0v) is 9.51. The van der Waals surface area contributed by atoms with E-state index in [9.17, 15) is 4.79 Å². The van der Waals surface area contributed by atoms with E-state index < -0.39 is 5.97 Å². The topological polar surface area (TPSA) is 49.7 Å². The van der Waals surface area contributed by atoms with Gasteiger partial charge in [0.25, 0.3) is 0 Å². The molecule has 1 rings (SSSR count). The average Bonchev–Trinajstić information content (AvgIpc) is 2.19. The molecule has 16 heavy (non-hydrogen) atoms. The van der Waals surface area contributed by atoms with Crippen LogP contribution in [0.2, 0.25) is 0 Å². The highest BCUT2D eigenvalue weighted by Gasteiger charge is 2.03. The number of allylic oxidation sites excluding steroid dienone is 3. The van der Waals surface area contributed by atoms with Crippen LogP contribution in [0.15, 0.2) is 29.4 Å². The number of carbonyl (C=O) groups is 1. The molecule has 0 spiro atoms. The van der Waals surface area contributed by atoms with E-state index in [1.54, 1.807) is 6.21 Å². The van der Waals surface area contributed by atoms with Crippen LogP contribution in [-0.2, 0) is 4.79 Å². The molecule has 0 radical (unpaired) electrons. The van der Waals surface area contributed by atoms with Crippen LogP contribution in [0.5, 0.6) is 0 Å². The molecule has 0 saturated carbocycles. The quantitative estimate of drug-likeness (QED) is 0.700. The molecule has 0 amide bonds. The molecule has 1 unspecified atom stereocenters. The lowest BCUT2D eigenvalue weighted by atomic mass is 9.96.